The first-order valence-corrected chi connectivity index (χ1v) is 4.63. The molecule has 1 atom stereocenters. The summed E-state index contributed by atoms with van der Waals surface area (Å²) in [4.78, 5) is 13.3. The zero-order valence-corrected chi connectivity index (χ0v) is 8.55. The van der Waals surface area contributed by atoms with Crippen molar-refractivity contribution in [1.82, 2.24) is 4.90 Å². The second-order valence-electron chi connectivity index (χ2n) is 4.84. The number of hydrogen-bond acceptors (Lipinski definition) is 1. The SMILES string of the molecule is CN(C)C(=O)C1CCC(C)(C)C1. The van der Waals surface area contributed by atoms with E-state index in [0.29, 0.717) is 11.3 Å². The van der Waals surface area contributed by atoms with E-state index in [1.54, 1.807) is 4.90 Å². The Morgan fingerprint density at radius 1 is 1.42 bits per heavy atom. The summed E-state index contributed by atoms with van der Waals surface area (Å²) >= 11 is 0. The number of carbonyl (C=O) groups is 1. The molecule has 0 aliphatic heterocycles. The van der Waals surface area contributed by atoms with Crippen LogP contribution in [0.5, 0.6) is 0 Å². The fourth-order valence-electron chi connectivity index (χ4n) is 2.01. The molecule has 1 rings (SSSR count). The highest BCUT2D eigenvalue weighted by molar-refractivity contribution is 5.78. The largest absolute Gasteiger partial charge is 0.349 e. The average Bonchev–Trinajstić information content (AvgIpc) is 2.28. The van der Waals surface area contributed by atoms with E-state index in [1.165, 1.54) is 6.42 Å². The van der Waals surface area contributed by atoms with Crippen LogP contribution in [0.25, 0.3) is 0 Å². The minimum Gasteiger partial charge on any atom is -0.349 e. The van der Waals surface area contributed by atoms with Gasteiger partial charge in [0, 0.05) is 20.0 Å². The summed E-state index contributed by atoms with van der Waals surface area (Å²) in [6, 6.07) is 0. The monoisotopic (exact) mass is 169 g/mol. The second kappa shape index (κ2) is 3.08. The van der Waals surface area contributed by atoms with E-state index in [9.17, 15) is 4.79 Å². The Morgan fingerprint density at radius 3 is 2.33 bits per heavy atom. The maximum absolute atomic E-state index is 11.6. The third kappa shape index (κ3) is 1.99. The lowest BCUT2D eigenvalue weighted by atomic mass is 9.90. The van der Waals surface area contributed by atoms with E-state index in [1.807, 2.05) is 14.1 Å². The predicted molar refractivity (Wildman–Crippen MR) is 49.8 cm³/mol. The first-order chi connectivity index (χ1) is 5.42. The Kier molecular flexibility index (Phi) is 2.45. The molecule has 1 unspecified atom stereocenters. The van der Waals surface area contributed by atoms with Gasteiger partial charge in [0.2, 0.25) is 5.91 Å². The summed E-state index contributed by atoms with van der Waals surface area (Å²) in [6.07, 6.45) is 3.32. The van der Waals surface area contributed by atoms with Gasteiger partial charge in [0.15, 0.2) is 0 Å². The Morgan fingerprint density at radius 2 is 2.00 bits per heavy atom. The molecule has 0 N–H and O–H groups in total. The molecule has 1 aliphatic rings. The lowest BCUT2D eigenvalue weighted by Gasteiger charge is -2.19. The molecule has 0 spiro atoms. The standard InChI is InChI=1S/C10H19NO/c1-10(2)6-5-8(7-10)9(12)11(3)4/h8H,5-7H2,1-4H3. The molecule has 1 aliphatic carbocycles. The zero-order valence-electron chi connectivity index (χ0n) is 8.55. The lowest BCUT2D eigenvalue weighted by Crippen LogP contribution is -2.28. The van der Waals surface area contributed by atoms with Gasteiger partial charge in [0.05, 0.1) is 0 Å². The van der Waals surface area contributed by atoms with E-state index in [0.717, 1.165) is 12.8 Å². The molecular formula is C10H19NO. The first-order valence-electron chi connectivity index (χ1n) is 4.63. The Labute approximate surface area is 74.9 Å². The van der Waals surface area contributed by atoms with Gasteiger partial charge in [0.25, 0.3) is 0 Å². The van der Waals surface area contributed by atoms with Crippen LogP contribution in [0.15, 0.2) is 0 Å². The van der Waals surface area contributed by atoms with Crippen molar-refractivity contribution in [3.63, 3.8) is 0 Å². The van der Waals surface area contributed by atoms with Crippen LogP contribution in [-0.4, -0.2) is 24.9 Å². The maximum Gasteiger partial charge on any atom is 0.225 e. The Hall–Kier alpha value is -0.530. The Bertz CT molecular complexity index is 184. The molecular weight excluding hydrogens is 150 g/mol. The quantitative estimate of drug-likeness (QED) is 0.587. The maximum atomic E-state index is 11.6. The number of nitrogens with zero attached hydrogens (tertiary/aromatic N) is 1. The molecule has 0 saturated heterocycles. The molecule has 2 nitrogen and oxygen atoms in total. The molecule has 0 aromatic heterocycles. The second-order valence-corrected chi connectivity index (χ2v) is 4.84. The van der Waals surface area contributed by atoms with E-state index in [2.05, 4.69) is 13.8 Å². The molecule has 0 radical (unpaired) electrons. The normalized spacial score (nSPS) is 27.2. The molecule has 0 heterocycles. The van der Waals surface area contributed by atoms with Gasteiger partial charge in [0.1, 0.15) is 0 Å². The van der Waals surface area contributed by atoms with Crippen LogP contribution >= 0.6 is 0 Å². The van der Waals surface area contributed by atoms with Crippen molar-refractivity contribution >= 4 is 5.91 Å². The van der Waals surface area contributed by atoms with Gasteiger partial charge >= 0.3 is 0 Å². The van der Waals surface area contributed by atoms with E-state index < -0.39 is 0 Å². The average molecular weight is 169 g/mol. The Balaban J connectivity index is 2.53. The highest BCUT2D eigenvalue weighted by Crippen LogP contribution is 2.41. The predicted octanol–water partition coefficient (Wildman–Crippen LogP) is 1.90. The fourth-order valence-corrected chi connectivity index (χ4v) is 2.01. The molecule has 1 fully saturated rings. The van der Waals surface area contributed by atoms with Crippen LogP contribution in [0.2, 0.25) is 0 Å². The van der Waals surface area contributed by atoms with Crippen molar-refractivity contribution < 1.29 is 4.79 Å². The van der Waals surface area contributed by atoms with Gasteiger partial charge < -0.3 is 4.90 Å². The summed E-state index contributed by atoms with van der Waals surface area (Å²) in [6.45, 7) is 4.49. The molecule has 70 valence electrons. The van der Waals surface area contributed by atoms with Gasteiger partial charge in [-0.15, -0.1) is 0 Å². The van der Waals surface area contributed by atoms with E-state index >= 15 is 0 Å². The van der Waals surface area contributed by atoms with Crippen LogP contribution in [0.3, 0.4) is 0 Å². The minimum atomic E-state index is 0.287. The molecule has 1 saturated carbocycles. The third-order valence-electron chi connectivity index (χ3n) is 2.76. The molecule has 2 heteroatoms. The number of hydrogen-bond donors (Lipinski definition) is 0. The molecule has 0 bridgehead atoms. The third-order valence-corrected chi connectivity index (χ3v) is 2.76. The van der Waals surface area contributed by atoms with Crippen LogP contribution < -0.4 is 0 Å². The molecule has 12 heavy (non-hydrogen) atoms. The van der Waals surface area contributed by atoms with Crippen molar-refractivity contribution in [1.29, 1.82) is 0 Å². The zero-order chi connectivity index (χ0) is 9.35. The summed E-state index contributed by atoms with van der Waals surface area (Å²) in [5, 5.41) is 0. The lowest BCUT2D eigenvalue weighted by molar-refractivity contribution is -0.132. The van der Waals surface area contributed by atoms with Crippen LogP contribution in [0.4, 0.5) is 0 Å². The fraction of sp³-hybridized carbons (Fsp3) is 0.900. The smallest absolute Gasteiger partial charge is 0.225 e. The van der Waals surface area contributed by atoms with Gasteiger partial charge in [-0.1, -0.05) is 13.8 Å². The van der Waals surface area contributed by atoms with Crippen LogP contribution in [-0.2, 0) is 4.79 Å². The summed E-state index contributed by atoms with van der Waals surface area (Å²) < 4.78 is 0. The summed E-state index contributed by atoms with van der Waals surface area (Å²) in [7, 11) is 3.68. The van der Waals surface area contributed by atoms with Crippen molar-refractivity contribution in [3.05, 3.63) is 0 Å². The summed E-state index contributed by atoms with van der Waals surface area (Å²) in [5.41, 5.74) is 0.385. The van der Waals surface area contributed by atoms with Crippen molar-refractivity contribution in [3.8, 4) is 0 Å². The molecule has 1 amide bonds. The van der Waals surface area contributed by atoms with Gasteiger partial charge in [-0.3, -0.25) is 4.79 Å². The minimum absolute atomic E-state index is 0.287. The number of amides is 1. The van der Waals surface area contributed by atoms with Gasteiger partial charge in [-0.05, 0) is 24.7 Å². The van der Waals surface area contributed by atoms with E-state index in [4.69, 9.17) is 0 Å². The van der Waals surface area contributed by atoms with Crippen LogP contribution in [0.1, 0.15) is 33.1 Å². The topological polar surface area (TPSA) is 20.3 Å². The number of carbonyl (C=O) groups excluding carboxylic acids is 1. The molecule has 0 aromatic rings. The van der Waals surface area contributed by atoms with Gasteiger partial charge in [-0.2, -0.15) is 0 Å². The van der Waals surface area contributed by atoms with Crippen molar-refractivity contribution in [2.24, 2.45) is 11.3 Å². The van der Waals surface area contributed by atoms with Crippen LogP contribution in [0, 0.1) is 11.3 Å². The molecule has 0 aromatic carbocycles. The highest BCUT2D eigenvalue weighted by Gasteiger charge is 2.35. The van der Waals surface area contributed by atoms with Crippen molar-refractivity contribution in [2.75, 3.05) is 14.1 Å². The summed E-state index contributed by atoms with van der Waals surface area (Å²) in [5.74, 6) is 0.593. The highest BCUT2D eigenvalue weighted by atomic mass is 16.2. The van der Waals surface area contributed by atoms with E-state index in [-0.39, 0.29) is 5.92 Å². The van der Waals surface area contributed by atoms with Gasteiger partial charge in [-0.25, -0.2) is 0 Å². The van der Waals surface area contributed by atoms with Crippen molar-refractivity contribution in [2.45, 2.75) is 33.1 Å². The first kappa shape index (κ1) is 9.56. The number of rotatable bonds is 1.